The molecule has 0 fully saturated rings. The number of aromatic amines is 1. The van der Waals surface area contributed by atoms with Crippen LogP contribution in [0, 0.1) is 5.82 Å². The van der Waals surface area contributed by atoms with Crippen molar-refractivity contribution in [3.63, 3.8) is 0 Å². The highest BCUT2D eigenvalue weighted by Crippen LogP contribution is 2.21. The standard InChI is InChI=1S/C13H13BrFN3O2/c1-8(13-16-4-5-17-13)18-12(19)7-20-11-3-2-9(14)6-10(11)15/h2-6,8H,7H2,1H3,(H,16,17)(H,18,19). The van der Waals surface area contributed by atoms with Crippen LogP contribution in [0.15, 0.2) is 35.1 Å². The summed E-state index contributed by atoms with van der Waals surface area (Å²) in [6.45, 7) is 1.53. The van der Waals surface area contributed by atoms with Gasteiger partial charge in [0.2, 0.25) is 0 Å². The van der Waals surface area contributed by atoms with E-state index < -0.39 is 5.82 Å². The molecule has 1 amide bonds. The topological polar surface area (TPSA) is 67.0 Å². The van der Waals surface area contributed by atoms with Crippen molar-refractivity contribution < 1.29 is 13.9 Å². The van der Waals surface area contributed by atoms with Crippen LogP contribution in [0.2, 0.25) is 0 Å². The lowest BCUT2D eigenvalue weighted by atomic mass is 10.3. The summed E-state index contributed by atoms with van der Waals surface area (Å²) >= 11 is 3.15. The Labute approximate surface area is 123 Å². The number of benzene rings is 1. The van der Waals surface area contributed by atoms with E-state index in [2.05, 4.69) is 31.2 Å². The molecule has 1 heterocycles. The molecule has 2 aromatic rings. The Morgan fingerprint density at radius 2 is 2.40 bits per heavy atom. The molecule has 2 rings (SSSR count). The Hall–Kier alpha value is -1.89. The summed E-state index contributed by atoms with van der Waals surface area (Å²) in [7, 11) is 0. The van der Waals surface area contributed by atoms with Crippen LogP contribution in [-0.2, 0) is 4.79 Å². The molecule has 1 aromatic carbocycles. The number of aromatic nitrogens is 2. The smallest absolute Gasteiger partial charge is 0.258 e. The number of hydrogen-bond acceptors (Lipinski definition) is 3. The Morgan fingerprint density at radius 1 is 1.60 bits per heavy atom. The lowest BCUT2D eigenvalue weighted by Gasteiger charge is -2.12. The van der Waals surface area contributed by atoms with Crippen molar-refractivity contribution >= 4 is 21.8 Å². The number of H-pyrrole nitrogens is 1. The van der Waals surface area contributed by atoms with Crippen LogP contribution in [0.5, 0.6) is 5.75 Å². The van der Waals surface area contributed by atoms with Crippen molar-refractivity contribution in [2.24, 2.45) is 0 Å². The van der Waals surface area contributed by atoms with E-state index in [4.69, 9.17) is 4.74 Å². The summed E-state index contributed by atoms with van der Waals surface area (Å²) < 4.78 is 19.2. The third-order valence-electron chi connectivity index (χ3n) is 2.56. The lowest BCUT2D eigenvalue weighted by Crippen LogP contribution is -2.31. The van der Waals surface area contributed by atoms with Crippen molar-refractivity contribution in [3.05, 3.63) is 46.7 Å². The average molecular weight is 342 g/mol. The molecule has 0 spiro atoms. The first-order valence-electron chi connectivity index (χ1n) is 5.92. The molecule has 0 aliphatic carbocycles. The van der Waals surface area contributed by atoms with E-state index in [1.165, 1.54) is 12.1 Å². The SMILES string of the molecule is CC(NC(=O)COc1ccc(Br)cc1F)c1ncc[nH]1. The highest BCUT2D eigenvalue weighted by Gasteiger charge is 2.12. The molecule has 0 saturated heterocycles. The van der Waals surface area contributed by atoms with Gasteiger partial charge in [-0.05, 0) is 25.1 Å². The van der Waals surface area contributed by atoms with Gasteiger partial charge in [0, 0.05) is 16.9 Å². The molecule has 1 atom stereocenters. The number of halogens is 2. The molecule has 0 bridgehead atoms. The van der Waals surface area contributed by atoms with Crippen LogP contribution in [0.25, 0.3) is 0 Å². The van der Waals surface area contributed by atoms with Crippen LogP contribution >= 0.6 is 15.9 Å². The van der Waals surface area contributed by atoms with Gasteiger partial charge in [0.15, 0.2) is 18.2 Å². The monoisotopic (exact) mass is 341 g/mol. The summed E-state index contributed by atoms with van der Waals surface area (Å²) in [6, 6.07) is 4.11. The summed E-state index contributed by atoms with van der Waals surface area (Å²) in [5, 5.41) is 2.69. The maximum Gasteiger partial charge on any atom is 0.258 e. The summed E-state index contributed by atoms with van der Waals surface area (Å²) in [5.41, 5.74) is 0. The van der Waals surface area contributed by atoms with Gasteiger partial charge in [-0.15, -0.1) is 0 Å². The van der Waals surface area contributed by atoms with Gasteiger partial charge in [0.1, 0.15) is 5.82 Å². The number of amides is 1. The van der Waals surface area contributed by atoms with Gasteiger partial charge in [0.05, 0.1) is 6.04 Å². The fraction of sp³-hybridized carbons (Fsp3) is 0.231. The van der Waals surface area contributed by atoms with E-state index in [1.54, 1.807) is 25.4 Å². The number of nitrogens with one attached hydrogen (secondary N) is 2. The Morgan fingerprint density at radius 3 is 3.05 bits per heavy atom. The van der Waals surface area contributed by atoms with Crippen molar-refractivity contribution in [1.82, 2.24) is 15.3 Å². The highest BCUT2D eigenvalue weighted by molar-refractivity contribution is 9.10. The van der Waals surface area contributed by atoms with Gasteiger partial charge in [0.25, 0.3) is 5.91 Å². The number of nitrogens with zero attached hydrogens (tertiary/aromatic N) is 1. The van der Waals surface area contributed by atoms with E-state index in [0.29, 0.717) is 10.3 Å². The van der Waals surface area contributed by atoms with Gasteiger partial charge < -0.3 is 15.0 Å². The van der Waals surface area contributed by atoms with E-state index in [1.807, 2.05) is 0 Å². The molecular weight excluding hydrogens is 329 g/mol. The minimum atomic E-state index is -0.522. The second kappa shape index (κ2) is 6.51. The Bertz CT molecular complexity index is 589. The van der Waals surface area contributed by atoms with E-state index in [9.17, 15) is 9.18 Å². The third kappa shape index (κ3) is 3.80. The molecular formula is C13H13BrFN3O2. The molecule has 5 nitrogen and oxygen atoms in total. The molecule has 20 heavy (non-hydrogen) atoms. The number of hydrogen-bond donors (Lipinski definition) is 2. The van der Waals surface area contributed by atoms with Crippen molar-refractivity contribution in [1.29, 1.82) is 0 Å². The second-order valence-corrected chi connectivity index (χ2v) is 5.04. The predicted octanol–water partition coefficient (Wildman–Crippen LogP) is 2.57. The first kappa shape index (κ1) is 14.5. The summed E-state index contributed by atoms with van der Waals surface area (Å²) in [4.78, 5) is 18.6. The molecule has 106 valence electrons. The van der Waals surface area contributed by atoms with Gasteiger partial charge in [-0.2, -0.15) is 0 Å². The molecule has 1 aromatic heterocycles. The maximum absolute atomic E-state index is 13.5. The third-order valence-corrected chi connectivity index (χ3v) is 3.05. The van der Waals surface area contributed by atoms with Crippen LogP contribution in [-0.4, -0.2) is 22.5 Å². The molecule has 1 unspecified atom stereocenters. The predicted molar refractivity (Wildman–Crippen MR) is 74.7 cm³/mol. The van der Waals surface area contributed by atoms with E-state index in [0.717, 1.165) is 0 Å². The van der Waals surface area contributed by atoms with Gasteiger partial charge in [-0.1, -0.05) is 15.9 Å². The number of imidazole rings is 1. The Kier molecular flexibility index (Phi) is 4.73. The fourth-order valence-corrected chi connectivity index (χ4v) is 1.93. The van der Waals surface area contributed by atoms with Crippen LogP contribution in [0.4, 0.5) is 4.39 Å². The largest absolute Gasteiger partial charge is 0.481 e. The van der Waals surface area contributed by atoms with Crippen LogP contribution in [0.3, 0.4) is 0 Å². The second-order valence-electron chi connectivity index (χ2n) is 4.13. The number of carbonyl (C=O) groups is 1. The maximum atomic E-state index is 13.5. The molecule has 2 N–H and O–H groups in total. The highest BCUT2D eigenvalue weighted by atomic mass is 79.9. The van der Waals surface area contributed by atoms with Crippen molar-refractivity contribution in [2.45, 2.75) is 13.0 Å². The molecule has 0 aliphatic rings. The van der Waals surface area contributed by atoms with Crippen molar-refractivity contribution in [2.75, 3.05) is 6.61 Å². The van der Waals surface area contributed by atoms with E-state index >= 15 is 0 Å². The molecule has 0 radical (unpaired) electrons. The van der Waals surface area contributed by atoms with Crippen LogP contribution < -0.4 is 10.1 Å². The zero-order valence-corrected chi connectivity index (χ0v) is 12.3. The number of ether oxygens (including phenoxy) is 1. The number of rotatable bonds is 5. The zero-order chi connectivity index (χ0) is 14.5. The number of carbonyl (C=O) groups excluding carboxylic acids is 1. The summed E-state index contributed by atoms with van der Waals surface area (Å²) in [6.07, 6.45) is 3.28. The lowest BCUT2D eigenvalue weighted by molar-refractivity contribution is -0.123. The normalized spacial score (nSPS) is 11.9. The van der Waals surface area contributed by atoms with Crippen LogP contribution in [0.1, 0.15) is 18.8 Å². The minimum absolute atomic E-state index is 0.0361. The van der Waals surface area contributed by atoms with Crippen molar-refractivity contribution in [3.8, 4) is 5.75 Å². The quantitative estimate of drug-likeness (QED) is 0.878. The minimum Gasteiger partial charge on any atom is -0.481 e. The fourth-order valence-electron chi connectivity index (χ4n) is 1.60. The molecule has 0 saturated carbocycles. The van der Waals surface area contributed by atoms with Gasteiger partial charge >= 0.3 is 0 Å². The average Bonchev–Trinajstić information content (AvgIpc) is 2.91. The summed E-state index contributed by atoms with van der Waals surface area (Å²) in [5.74, 6) is -0.190. The van der Waals surface area contributed by atoms with E-state index in [-0.39, 0.29) is 24.3 Å². The molecule has 7 heteroatoms. The molecule has 0 aliphatic heterocycles. The Balaban J connectivity index is 1.86. The first-order chi connectivity index (χ1) is 9.56. The first-order valence-corrected chi connectivity index (χ1v) is 6.72. The van der Waals surface area contributed by atoms with Gasteiger partial charge in [-0.3, -0.25) is 4.79 Å². The van der Waals surface area contributed by atoms with Gasteiger partial charge in [-0.25, -0.2) is 9.37 Å². The zero-order valence-electron chi connectivity index (χ0n) is 10.7.